The van der Waals surface area contributed by atoms with E-state index in [1.165, 1.54) is 11.8 Å². The molecule has 0 aliphatic heterocycles. The molecular formula is C14H16N4O3S2. The second-order valence-electron chi connectivity index (χ2n) is 4.49. The highest BCUT2D eigenvalue weighted by Gasteiger charge is 2.17. The van der Waals surface area contributed by atoms with Gasteiger partial charge in [0, 0.05) is 6.54 Å². The van der Waals surface area contributed by atoms with Crippen molar-refractivity contribution >= 4 is 29.4 Å². The zero-order valence-electron chi connectivity index (χ0n) is 12.6. The fourth-order valence-corrected chi connectivity index (χ4v) is 2.81. The minimum atomic E-state index is -0.105. The van der Waals surface area contributed by atoms with Gasteiger partial charge in [0.25, 0.3) is 5.22 Å². The Morgan fingerprint density at radius 2 is 2.35 bits per heavy atom. The van der Waals surface area contributed by atoms with Gasteiger partial charge in [-0.25, -0.2) is 0 Å². The molecule has 7 nitrogen and oxygen atoms in total. The maximum atomic E-state index is 12.3. The normalized spacial score (nSPS) is 10.4. The van der Waals surface area contributed by atoms with Crippen LogP contribution in [0.3, 0.4) is 0 Å². The molecule has 0 spiro atoms. The lowest BCUT2D eigenvalue weighted by Gasteiger charge is -2.19. The third-order valence-electron chi connectivity index (χ3n) is 2.81. The quantitative estimate of drug-likeness (QED) is 0.635. The SMILES string of the molecule is CSCc1nnc(SCC(=O)N(CCC#N)Cc2ccco2)o1. The molecule has 0 bridgehead atoms. The highest BCUT2D eigenvalue weighted by molar-refractivity contribution is 7.99. The second kappa shape index (κ2) is 9.27. The lowest BCUT2D eigenvalue weighted by atomic mass is 10.3. The summed E-state index contributed by atoms with van der Waals surface area (Å²) in [4.78, 5) is 13.9. The Morgan fingerprint density at radius 1 is 1.48 bits per heavy atom. The minimum absolute atomic E-state index is 0.105. The topological polar surface area (TPSA) is 96.2 Å². The molecule has 23 heavy (non-hydrogen) atoms. The number of carbonyl (C=O) groups excluding carboxylic acids is 1. The number of nitrogens with zero attached hydrogens (tertiary/aromatic N) is 4. The van der Waals surface area contributed by atoms with Crippen LogP contribution in [0.5, 0.6) is 0 Å². The molecule has 0 saturated heterocycles. The summed E-state index contributed by atoms with van der Waals surface area (Å²) in [5.41, 5.74) is 0. The van der Waals surface area contributed by atoms with E-state index < -0.39 is 0 Å². The molecule has 2 aromatic rings. The number of amides is 1. The molecule has 0 N–H and O–H groups in total. The van der Waals surface area contributed by atoms with Crippen molar-refractivity contribution in [2.45, 2.75) is 23.9 Å². The van der Waals surface area contributed by atoms with Crippen molar-refractivity contribution < 1.29 is 13.6 Å². The van der Waals surface area contributed by atoms with Gasteiger partial charge in [0.05, 0.1) is 36.8 Å². The van der Waals surface area contributed by atoms with Crippen molar-refractivity contribution in [3.63, 3.8) is 0 Å². The molecule has 0 atom stereocenters. The van der Waals surface area contributed by atoms with E-state index in [4.69, 9.17) is 14.1 Å². The molecule has 0 saturated carbocycles. The van der Waals surface area contributed by atoms with Crippen LogP contribution in [0.2, 0.25) is 0 Å². The molecule has 0 aliphatic carbocycles. The summed E-state index contributed by atoms with van der Waals surface area (Å²) in [6, 6.07) is 5.61. The average Bonchev–Trinajstić information content (AvgIpc) is 3.21. The summed E-state index contributed by atoms with van der Waals surface area (Å²) in [5, 5.41) is 16.9. The van der Waals surface area contributed by atoms with Gasteiger partial charge >= 0.3 is 0 Å². The number of rotatable bonds is 9. The van der Waals surface area contributed by atoms with Crippen LogP contribution in [-0.4, -0.2) is 39.6 Å². The van der Waals surface area contributed by atoms with E-state index in [9.17, 15) is 4.79 Å². The number of hydrogen-bond acceptors (Lipinski definition) is 8. The molecule has 9 heteroatoms. The van der Waals surface area contributed by atoms with Crippen LogP contribution in [0.4, 0.5) is 0 Å². The van der Waals surface area contributed by atoms with E-state index in [0.717, 1.165) is 0 Å². The summed E-state index contributed by atoms with van der Waals surface area (Å²) < 4.78 is 10.7. The van der Waals surface area contributed by atoms with Gasteiger partial charge in [-0.3, -0.25) is 4.79 Å². The Balaban J connectivity index is 1.89. The summed E-state index contributed by atoms with van der Waals surface area (Å²) in [6.45, 7) is 0.702. The van der Waals surface area contributed by atoms with E-state index >= 15 is 0 Å². The lowest BCUT2D eigenvalue weighted by Crippen LogP contribution is -2.32. The lowest BCUT2D eigenvalue weighted by molar-refractivity contribution is -0.129. The smallest absolute Gasteiger partial charge is 0.277 e. The van der Waals surface area contributed by atoms with Gasteiger partial charge in [0.2, 0.25) is 11.8 Å². The number of carbonyl (C=O) groups is 1. The summed E-state index contributed by atoms with van der Waals surface area (Å²) in [6.07, 6.45) is 3.78. The van der Waals surface area contributed by atoms with Crippen molar-refractivity contribution in [1.29, 1.82) is 5.26 Å². The number of nitriles is 1. The molecular weight excluding hydrogens is 336 g/mol. The summed E-state index contributed by atoms with van der Waals surface area (Å²) in [5.74, 6) is 1.94. The molecule has 0 aromatic carbocycles. The molecule has 2 rings (SSSR count). The average molecular weight is 352 g/mol. The number of thioether (sulfide) groups is 2. The highest BCUT2D eigenvalue weighted by atomic mass is 32.2. The fourth-order valence-electron chi connectivity index (χ4n) is 1.76. The maximum Gasteiger partial charge on any atom is 0.277 e. The van der Waals surface area contributed by atoms with Gasteiger partial charge in [-0.05, 0) is 18.4 Å². The maximum absolute atomic E-state index is 12.3. The van der Waals surface area contributed by atoms with Crippen molar-refractivity contribution in [3.05, 3.63) is 30.0 Å². The third-order valence-corrected chi connectivity index (χ3v) is 4.15. The minimum Gasteiger partial charge on any atom is -0.467 e. The van der Waals surface area contributed by atoms with E-state index in [-0.39, 0.29) is 18.1 Å². The molecule has 1 amide bonds. The van der Waals surface area contributed by atoms with Crippen LogP contribution in [0.1, 0.15) is 18.1 Å². The van der Waals surface area contributed by atoms with E-state index in [0.29, 0.717) is 35.7 Å². The molecule has 0 radical (unpaired) electrons. The van der Waals surface area contributed by atoms with Crippen molar-refractivity contribution in [2.24, 2.45) is 0 Å². The Morgan fingerprint density at radius 3 is 3.04 bits per heavy atom. The van der Waals surface area contributed by atoms with Gasteiger partial charge in [0.15, 0.2) is 0 Å². The van der Waals surface area contributed by atoms with Crippen LogP contribution in [0.25, 0.3) is 0 Å². The predicted molar refractivity (Wildman–Crippen MR) is 86.6 cm³/mol. The van der Waals surface area contributed by atoms with E-state index in [1.54, 1.807) is 35.1 Å². The van der Waals surface area contributed by atoms with Gasteiger partial charge < -0.3 is 13.7 Å². The fraction of sp³-hybridized carbons (Fsp3) is 0.429. The summed E-state index contributed by atoms with van der Waals surface area (Å²) >= 11 is 2.78. The number of furan rings is 1. The molecule has 2 aromatic heterocycles. The molecule has 0 unspecified atom stereocenters. The van der Waals surface area contributed by atoms with Crippen LogP contribution in [-0.2, 0) is 17.1 Å². The van der Waals surface area contributed by atoms with Crippen molar-refractivity contribution in [3.8, 4) is 6.07 Å². The van der Waals surface area contributed by atoms with Crippen LogP contribution in [0.15, 0.2) is 32.5 Å². The largest absolute Gasteiger partial charge is 0.467 e. The first kappa shape index (κ1) is 17.4. The Kier molecular flexibility index (Phi) is 7.03. The molecule has 0 fully saturated rings. The van der Waals surface area contributed by atoms with Crippen LogP contribution >= 0.6 is 23.5 Å². The van der Waals surface area contributed by atoms with E-state index in [2.05, 4.69) is 10.2 Å². The monoisotopic (exact) mass is 352 g/mol. The van der Waals surface area contributed by atoms with Gasteiger partial charge in [0.1, 0.15) is 5.76 Å². The zero-order valence-corrected chi connectivity index (χ0v) is 14.2. The standard InChI is InChI=1S/C14H16N4O3S2/c1-22-9-12-16-17-14(21-12)23-10-13(19)18(6-3-5-15)8-11-4-2-7-20-11/h2,4,7H,3,6,8-10H2,1H3. The van der Waals surface area contributed by atoms with E-state index in [1.807, 2.05) is 12.3 Å². The number of hydrogen-bond donors (Lipinski definition) is 0. The molecule has 2 heterocycles. The molecule has 122 valence electrons. The Labute approximate surface area is 142 Å². The van der Waals surface area contributed by atoms with Crippen molar-refractivity contribution in [2.75, 3.05) is 18.6 Å². The van der Waals surface area contributed by atoms with Gasteiger partial charge in [-0.1, -0.05) is 11.8 Å². The summed E-state index contributed by atoms with van der Waals surface area (Å²) in [7, 11) is 0. The Bertz CT molecular complexity index is 651. The van der Waals surface area contributed by atoms with Gasteiger partial charge in [-0.15, -0.1) is 10.2 Å². The molecule has 0 aliphatic rings. The second-order valence-corrected chi connectivity index (χ2v) is 6.28. The van der Waals surface area contributed by atoms with Crippen molar-refractivity contribution in [1.82, 2.24) is 15.1 Å². The third kappa shape index (κ3) is 5.65. The predicted octanol–water partition coefficient (Wildman–Crippen LogP) is 2.56. The first-order valence-corrected chi connectivity index (χ1v) is 9.22. The number of aromatic nitrogens is 2. The Hall–Kier alpha value is -1.92. The van der Waals surface area contributed by atoms with Crippen LogP contribution < -0.4 is 0 Å². The highest BCUT2D eigenvalue weighted by Crippen LogP contribution is 2.19. The first-order chi connectivity index (χ1) is 11.2. The van der Waals surface area contributed by atoms with Gasteiger partial charge in [-0.2, -0.15) is 17.0 Å². The first-order valence-electron chi connectivity index (χ1n) is 6.84. The zero-order chi connectivity index (χ0) is 16.5. The van der Waals surface area contributed by atoms with Crippen LogP contribution in [0, 0.1) is 11.3 Å².